The van der Waals surface area contributed by atoms with Gasteiger partial charge in [-0.25, -0.2) is 0 Å². The molecule has 1 aliphatic heterocycles. The van der Waals surface area contributed by atoms with E-state index in [1.165, 1.54) is 44.2 Å². The quantitative estimate of drug-likeness (QED) is 0.830. The van der Waals surface area contributed by atoms with Crippen LogP contribution in [0, 0.1) is 17.8 Å². The molecule has 1 atom stereocenters. The van der Waals surface area contributed by atoms with Crippen molar-refractivity contribution < 1.29 is 0 Å². The summed E-state index contributed by atoms with van der Waals surface area (Å²) >= 11 is 0. The molecule has 0 radical (unpaired) electrons. The predicted molar refractivity (Wildman–Crippen MR) is 82.6 cm³/mol. The number of benzene rings is 1. The van der Waals surface area contributed by atoms with Crippen molar-refractivity contribution >= 4 is 0 Å². The summed E-state index contributed by atoms with van der Waals surface area (Å²) in [6, 6.07) is 9.48. The molecular formula is C18H26N2. The van der Waals surface area contributed by atoms with Crippen molar-refractivity contribution in [1.29, 1.82) is 0 Å². The van der Waals surface area contributed by atoms with Crippen LogP contribution in [0.4, 0.5) is 0 Å². The zero-order chi connectivity index (χ0) is 13.4. The highest BCUT2D eigenvalue weighted by Crippen LogP contribution is 2.48. The SMILES string of the molecule is c1ccc2c(c1)CNC(CNCC(C1CC1)C1CC1)C2. The van der Waals surface area contributed by atoms with Crippen LogP contribution in [0.25, 0.3) is 0 Å². The number of hydrogen-bond donors (Lipinski definition) is 2. The molecule has 4 rings (SSSR count). The van der Waals surface area contributed by atoms with Gasteiger partial charge in [0.2, 0.25) is 0 Å². The van der Waals surface area contributed by atoms with Crippen LogP contribution < -0.4 is 10.6 Å². The van der Waals surface area contributed by atoms with Gasteiger partial charge in [-0.1, -0.05) is 24.3 Å². The second-order valence-electron chi connectivity index (χ2n) is 7.05. The van der Waals surface area contributed by atoms with E-state index in [9.17, 15) is 0 Å². The van der Waals surface area contributed by atoms with E-state index >= 15 is 0 Å². The highest BCUT2D eigenvalue weighted by atomic mass is 15.0. The van der Waals surface area contributed by atoms with Crippen LogP contribution in [-0.4, -0.2) is 19.1 Å². The molecule has 2 aliphatic carbocycles. The van der Waals surface area contributed by atoms with Gasteiger partial charge >= 0.3 is 0 Å². The lowest BCUT2D eigenvalue weighted by atomic mass is 9.95. The van der Waals surface area contributed by atoms with Gasteiger partial charge < -0.3 is 10.6 Å². The van der Waals surface area contributed by atoms with E-state index in [1.807, 2.05) is 0 Å². The van der Waals surface area contributed by atoms with Crippen LogP contribution in [0.2, 0.25) is 0 Å². The maximum absolute atomic E-state index is 3.77. The monoisotopic (exact) mass is 270 g/mol. The molecule has 1 unspecified atom stereocenters. The fourth-order valence-electron chi connectivity index (χ4n) is 3.86. The van der Waals surface area contributed by atoms with Gasteiger partial charge in [-0.15, -0.1) is 0 Å². The lowest BCUT2D eigenvalue weighted by Gasteiger charge is -2.27. The molecular weight excluding hydrogens is 244 g/mol. The molecule has 108 valence electrons. The summed E-state index contributed by atoms with van der Waals surface area (Å²) < 4.78 is 0. The van der Waals surface area contributed by atoms with Gasteiger partial charge in [-0.3, -0.25) is 0 Å². The Balaban J connectivity index is 1.26. The Kier molecular flexibility index (Phi) is 3.53. The van der Waals surface area contributed by atoms with Crippen molar-refractivity contribution in [2.75, 3.05) is 13.1 Å². The van der Waals surface area contributed by atoms with Crippen LogP contribution in [0.5, 0.6) is 0 Å². The Labute approximate surface area is 122 Å². The van der Waals surface area contributed by atoms with E-state index in [4.69, 9.17) is 0 Å². The number of hydrogen-bond acceptors (Lipinski definition) is 2. The fourth-order valence-corrected chi connectivity index (χ4v) is 3.86. The Morgan fingerprint density at radius 3 is 2.45 bits per heavy atom. The van der Waals surface area contributed by atoms with Crippen molar-refractivity contribution in [2.24, 2.45) is 17.8 Å². The molecule has 0 amide bonds. The third kappa shape index (κ3) is 2.91. The first-order valence-corrected chi connectivity index (χ1v) is 8.41. The van der Waals surface area contributed by atoms with Gasteiger partial charge in [0.05, 0.1) is 0 Å². The molecule has 1 aromatic rings. The molecule has 2 nitrogen and oxygen atoms in total. The fraction of sp³-hybridized carbons (Fsp3) is 0.667. The summed E-state index contributed by atoms with van der Waals surface area (Å²) in [5.74, 6) is 3.12. The summed E-state index contributed by atoms with van der Waals surface area (Å²) in [4.78, 5) is 0. The summed E-state index contributed by atoms with van der Waals surface area (Å²) in [5.41, 5.74) is 3.02. The maximum Gasteiger partial charge on any atom is 0.0236 e. The molecule has 0 spiro atoms. The lowest BCUT2D eigenvalue weighted by Crippen LogP contribution is -2.44. The van der Waals surface area contributed by atoms with Crippen molar-refractivity contribution in [3.05, 3.63) is 35.4 Å². The van der Waals surface area contributed by atoms with E-state index in [0.717, 1.165) is 30.8 Å². The summed E-state index contributed by atoms with van der Waals surface area (Å²) in [7, 11) is 0. The van der Waals surface area contributed by atoms with Crippen LogP contribution in [0.15, 0.2) is 24.3 Å². The van der Waals surface area contributed by atoms with Crippen molar-refractivity contribution in [3.63, 3.8) is 0 Å². The molecule has 0 bridgehead atoms. The Hall–Kier alpha value is -0.860. The average Bonchev–Trinajstić information content (AvgIpc) is 3.37. The van der Waals surface area contributed by atoms with Crippen LogP contribution in [-0.2, 0) is 13.0 Å². The molecule has 2 fully saturated rings. The normalized spacial score (nSPS) is 25.8. The number of nitrogens with one attached hydrogen (secondary N) is 2. The van der Waals surface area contributed by atoms with E-state index < -0.39 is 0 Å². The molecule has 2 N–H and O–H groups in total. The maximum atomic E-state index is 3.77. The first-order valence-electron chi connectivity index (χ1n) is 8.41. The van der Waals surface area contributed by atoms with Gasteiger partial charge in [0.1, 0.15) is 0 Å². The molecule has 0 aromatic heterocycles. The molecule has 1 aromatic carbocycles. The molecule has 0 saturated heterocycles. The Morgan fingerprint density at radius 1 is 1.05 bits per heavy atom. The van der Waals surface area contributed by atoms with Gasteiger partial charge in [0, 0.05) is 19.1 Å². The van der Waals surface area contributed by atoms with Crippen LogP contribution >= 0.6 is 0 Å². The number of rotatable bonds is 6. The summed E-state index contributed by atoms with van der Waals surface area (Å²) in [6.07, 6.45) is 7.17. The minimum Gasteiger partial charge on any atom is -0.315 e. The highest BCUT2D eigenvalue weighted by Gasteiger charge is 2.40. The minimum atomic E-state index is 0.615. The van der Waals surface area contributed by atoms with Crippen molar-refractivity contribution in [2.45, 2.75) is 44.7 Å². The highest BCUT2D eigenvalue weighted by molar-refractivity contribution is 5.29. The second kappa shape index (κ2) is 5.50. The first kappa shape index (κ1) is 12.8. The first-order chi connectivity index (χ1) is 9.90. The van der Waals surface area contributed by atoms with Gasteiger partial charge in [0.25, 0.3) is 0 Å². The van der Waals surface area contributed by atoms with Crippen LogP contribution in [0.3, 0.4) is 0 Å². The number of fused-ring (bicyclic) bond motifs is 1. The molecule has 20 heavy (non-hydrogen) atoms. The third-order valence-corrected chi connectivity index (χ3v) is 5.39. The third-order valence-electron chi connectivity index (χ3n) is 5.39. The van der Waals surface area contributed by atoms with E-state index in [0.29, 0.717) is 6.04 Å². The summed E-state index contributed by atoms with van der Waals surface area (Å²) in [5, 5.41) is 7.44. The van der Waals surface area contributed by atoms with Crippen molar-refractivity contribution in [3.8, 4) is 0 Å². The van der Waals surface area contributed by atoms with E-state index in [-0.39, 0.29) is 0 Å². The van der Waals surface area contributed by atoms with Gasteiger partial charge in [-0.2, -0.15) is 0 Å². The van der Waals surface area contributed by atoms with Gasteiger partial charge in [-0.05, 0) is 67.5 Å². The molecule has 2 heteroatoms. The van der Waals surface area contributed by atoms with E-state index in [2.05, 4.69) is 34.9 Å². The predicted octanol–water partition coefficient (Wildman–Crippen LogP) is 2.73. The van der Waals surface area contributed by atoms with Crippen LogP contribution in [0.1, 0.15) is 36.8 Å². The minimum absolute atomic E-state index is 0.615. The Morgan fingerprint density at radius 2 is 1.75 bits per heavy atom. The Bertz CT molecular complexity index is 450. The standard InChI is InChI=1S/C18H26N2/c1-2-4-16-10-20-17(9-15(16)3-1)11-19-12-18(13-5-6-13)14-7-8-14/h1-4,13-14,17-20H,5-12H2. The largest absolute Gasteiger partial charge is 0.315 e. The van der Waals surface area contributed by atoms with Crippen molar-refractivity contribution in [1.82, 2.24) is 10.6 Å². The molecule has 1 heterocycles. The zero-order valence-corrected chi connectivity index (χ0v) is 12.3. The second-order valence-corrected chi connectivity index (χ2v) is 7.05. The van der Waals surface area contributed by atoms with E-state index in [1.54, 1.807) is 5.56 Å². The smallest absolute Gasteiger partial charge is 0.0236 e. The average molecular weight is 270 g/mol. The molecule has 2 saturated carbocycles. The summed E-state index contributed by atoms with van der Waals surface area (Å²) in [6.45, 7) is 3.43. The topological polar surface area (TPSA) is 24.1 Å². The van der Waals surface area contributed by atoms with Gasteiger partial charge in [0.15, 0.2) is 0 Å². The zero-order valence-electron chi connectivity index (χ0n) is 12.3. The lowest BCUT2D eigenvalue weighted by molar-refractivity contribution is 0.359. The molecule has 3 aliphatic rings.